The lowest BCUT2D eigenvalue weighted by atomic mass is 10.1. The summed E-state index contributed by atoms with van der Waals surface area (Å²) in [5.41, 5.74) is 2.09. The number of thiazole rings is 1. The van der Waals surface area contributed by atoms with Crippen molar-refractivity contribution in [1.82, 2.24) is 9.97 Å². The van der Waals surface area contributed by atoms with E-state index in [9.17, 15) is 14.4 Å². The Bertz CT molecular complexity index is 809. The number of amides is 1. The van der Waals surface area contributed by atoms with Gasteiger partial charge in [-0.3, -0.25) is 4.79 Å². The topological polar surface area (TPSA) is 110 Å². The number of esters is 2. The number of hydrogen-bond donors (Lipinski definition) is 2. The first-order chi connectivity index (χ1) is 11.8. The van der Waals surface area contributed by atoms with Crippen molar-refractivity contribution in [3.05, 3.63) is 33.6 Å². The number of hydrogen-bond acceptors (Lipinski definition) is 7. The molecule has 2 heterocycles. The number of aromatic nitrogens is 2. The highest BCUT2D eigenvalue weighted by atomic mass is 32.1. The Kier molecular flexibility index (Phi) is 5.92. The summed E-state index contributed by atoms with van der Waals surface area (Å²) in [4.78, 5) is 42.2. The van der Waals surface area contributed by atoms with Crippen molar-refractivity contribution in [3.63, 3.8) is 0 Å². The van der Waals surface area contributed by atoms with E-state index in [4.69, 9.17) is 9.47 Å². The van der Waals surface area contributed by atoms with Crippen LogP contribution in [-0.2, 0) is 20.9 Å². The maximum atomic E-state index is 12.3. The van der Waals surface area contributed by atoms with Gasteiger partial charge < -0.3 is 19.8 Å². The highest BCUT2D eigenvalue weighted by Crippen LogP contribution is 2.21. The molecule has 9 heteroatoms. The molecule has 0 aromatic carbocycles. The minimum Gasteiger partial charge on any atom is -0.461 e. The Balaban J connectivity index is 2.07. The summed E-state index contributed by atoms with van der Waals surface area (Å²) in [6.45, 7) is 6.65. The van der Waals surface area contributed by atoms with Gasteiger partial charge in [-0.25, -0.2) is 14.6 Å². The molecule has 0 bridgehead atoms. The molecular weight excluding hydrogens is 346 g/mol. The van der Waals surface area contributed by atoms with Crippen LogP contribution in [0.5, 0.6) is 0 Å². The molecule has 25 heavy (non-hydrogen) atoms. The predicted molar refractivity (Wildman–Crippen MR) is 91.8 cm³/mol. The Hall–Kier alpha value is -2.68. The van der Waals surface area contributed by atoms with Gasteiger partial charge in [0.2, 0.25) is 5.91 Å². The van der Waals surface area contributed by atoms with E-state index in [0.717, 1.165) is 0 Å². The number of aromatic amines is 1. The molecule has 2 aromatic heterocycles. The van der Waals surface area contributed by atoms with Gasteiger partial charge in [-0.1, -0.05) is 0 Å². The summed E-state index contributed by atoms with van der Waals surface area (Å²) < 4.78 is 10.2. The average molecular weight is 365 g/mol. The van der Waals surface area contributed by atoms with Crippen molar-refractivity contribution in [3.8, 4) is 0 Å². The minimum absolute atomic E-state index is 0.0340. The summed E-state index contributed by atoms with van der Waals surface area (Å²) in [5, 5.41) is 4.70. The molecule has 0 fully saturated rings. The van der Waals surface area contributed by atoms with Gasteiger partial charge in [-0.05, 0) is 26.3 Å². The number of rotatable bonds is 6. The van der Waals surface area contributed by atoms with E-state index in [-0.39, 0.29) is 24.8 Å². The number of carbonyl (C=O) groups excluding carboxylic acids is 3. The fraction of sp³-hybridized carbons (Fsp3) is 0.375. The van der Waals surface area contributed by atoms with Crippen molar-refractivity contribution < 1.29 is 23.9 Å². The monoisotopic (exact) mass is 365 g/mol. The molecule has 134 valence electrons. The van der Waals surface area contributed by atoms with Gasteiger partial charge in [0.1, 0.15) is 12.3 Å². The standard InChI is InChI=1S/C16H19N3O5S/c1-5-23-15(22)13-8(2)12(9(3)17-13)14(21)24-6-11-7-25-16(19-11)18-10(4)20/h7,17H,5-6H2,1-4H3,(H,18,19,20). The number of nitrogens with zero attached hydrogens (tertiary/aromatic N) is 1. The van der Waals surface area contributed by atoms with Crippen molar-refractivity contribution in [1.29, 1.82) is 0 Å². The van der Waals surface area contributed by atoms with Crippen LogP contribution in [0.2, 0.25) is 0 Å². The summed E-state index contributed by atoms with van der Waals surface area (Å²) in [6, 6.07) is 0. The number of nitrogens with one attached hydrogen (secondary N) is 2. The third-order valence-corrected chi connectivity index (χ3v) is 4.11. The number of aryl methyl sites for hydroxylation is 1. The fourth-order valence-corrected chi connectivity index (χ4v) is 3.00. The molecular formula is C16H19N3O5S. The van der Waals surface area contributed by atoms with E-state index in [2.05, 4.69) is 15.3 Å². The van der Waals surface area contributed by atoms with Crippen molar-refractivity contribution in [2.45, 2.75) is 34.3 Å². The highest BCUT2D eigenvalue weighted by molar-refractivity contribution is 7.13. The van der Waals surface area contributed by atoms with E-state index < -0.39 is 11.9 Å². The number of ether oxygens (including phenoxy) is 2. The van der Waals surface area contributed by atoms with Crippen LogP contribution in [0, 0.1) is 13.8 Å². The molecule has 2 rings (SSSR count). The number of anilines is 1. The summed E-state index contributed by atoms with van der Waals surface area (Å²) in [7, 11) is 0. The second kappa shape index (κ2) is 7.93. The molecule has 0 atom stereocenters. The maximum Gasteiger partial charge on any atom is 0.355 e. The molecule has 8 nitrogen and oxygen atoms in total. The molecule has 0 saturated heterocycles. The molecule has 0 aliphatic carbocycles. The van der Waals surface area contributed by atoms with Crippen LogP contribution in [-0.4, -0.2) is 34.4 Å². The first-order valence-corrected chi connectivity index (χ1v) is 8.46. The molecule has 0 aliphatic rings. The van der Waals surface area contributed by atoms with Crippen LogP contribution >= 0.6 is 11.3 Å². The van der Waals surface area contributed by atoms with Gasteiger partial charge in [0.05, 0.1) is 17.9 Å². The van der Waals surface area contributed by atoms with Gasteiger partial charge in [-0.15, -0.1) is 11.3 Å². The molecule has 0 saturated carbocycles. The van der Waals surface area contributed by atoms with Gasteiger partial charge in [-0.2, -0.15) is 0 Å². The lowest BCUT2D eigenvalue weighted by molar-refractivity contribution is -0.114. The van der Waals surface area contributed by atoms with Crippen LogP contribution < -0.4 is 5.32 Å². The largest absolute Gasteiger partial charge is 0.461 e. The van der Waals surface area contributed by atoms with Gasteiger partial charge >= 0.3 is 11.9 Å². The van der Waals surface area contributed by atoms with Gasteiger partial charge in [0, 0.05) is 18.0 Å². The average Bonchev–Trinajstić information content (AvgIpc) is 3.09. The van der Waals surface area contributed by atoms with Gasteiger partial charge in [0.15, 0.2) is 5.13 Å². The molecule has 0 unspecified atom stereocenters. The summed E-state index contributed by atoms with van der Waals surface area (Å²) in [5.74, 6) is -1.29. The van der Waals surface area contributed by atoms with Crippen LogP contribution in [0.1, 0.15) is 51.6 Å². The lowest BCUT2D eigenvalue weighted by Gasteiger charge is -2.04. The molecule has 0 spiro atoms. The Morgan fingerprint density at radius 1 is 1.24 bits per heavy atom. The number of H-pyrrole nitrogens is 1. The molecule has 0 aliphatic heterocycles. The van der Waals surface area contributed by atoms with Crippen molar-refractivity contribution >= 4 is 34.3 Å². The second-order valence-corrected chi connectivity index (χ2v) is 6.10. The van der Waals surface area contributed by atoms with Crippen LogP contribution in [0.3, 0.4) is 0 Å². The fourth-order valence-electron chi connectivity index (χ4n) is 2.26. The van der Waals surface area contributed by atoms with Gasteiger partial charge in [0.25, 0.3) is 0 Å². The van der Waals surface area contributed by atoms with Crippen molar-refractivity contribution in [2.24, 2.45) is 0 Å². The van der Waals surface area contributed by atoms with E-state index in [1.165, 1.54) is 18.3 Å². The lowest BCUT2D eigenvalue weighted by Crippen LogP contribution is -2.09. The third-order valence-electron chi connectivity index (χ3n) is 3.31. The van der Waals surface area contributed by atoms with Crippen LogP contribution in [0.25, 0.3) is 0 Å². The second-order valence-electron chi connectivity index (χ2n) is 5.25. The zero-order chi connectivity index (χ0) is 18.6. The smallest absolute Gasteiger partial charge is 0.355 e. The molecule has 0 radical (unpaired) electrons. The first-order valence-electron chi connectivity index (χ1n) is 7.58. The van der Waals surface area contributed by atoms with Crippen molar-refractivity contribution in [2.75, 3.05) is 11.9 Å². The van der Waals surface area contributed by atoms with E-state index in [1.54, 1.807) is 26.2 Å². The highest BCUT2D eigenvalue weighted by Gasteiger charge is 2.24. The van der Waals surface area contributed by atoms with E-state index in [1.807, 2.05) is 0 Å². The minimum atomic E-state index is -0.559. The predicted octanol–water partition coefficient (Wildman–Crippen LogP) is 2.58. The van der Waals surface area contributed by atoms with E-state index in [0.29, 0.717) is 27.6 Å². The maximum absolute atomic E-state index is 12.3. The zero-order valence-corrected chi connectivity index (χ0v) is 15.2. The quantitative estimate of drug-likeness (QED) is 0.761. The Labute approximate surface area is 148 Å². The third kappa shape index (κ3) is 4.44. The van der Waals surface area contributed by atoms with Crippen LogP contribution in [0.4, 0.5) is 5.13 Å². The molecule has 2 aromatic rings. The Morgan fingerprint density at radius 3 is 2.60 bits per heavy atom. The molecule has 1 amide bonds. The Morgan fingerprint density at radius 2 is 1.96 bits per heavy atom. The summed E-state index contributed by atoms with van der Waals surface area (Å²) >= 11 is 1.24. The summed E-state index contributed by atoms with van der Waals surface area (Å²) in [6.07, 6.45) is 0. The number of carbonyl (C=O) groups is 3. The normalized spacial score (nSPS) is 10.4. The zero-order valence-electron chi connectivity index (χ0n) is 14.4. The van der Waals surface area contributed by atoms with E-state index >= 15 is 0 Å². The van der Waals surface area contributed by atoms with Crippen LogP contribution in [0.15, 0.2) is 5.38 Å². The first kappa shape index (κ1) is 18.7. The molecule has 2 N–H and O–H groups in total. The SMILES string of the molecule is CCOC(=O)c1[nH]c(C)c(C(=O)OCc2csc(NC(C)=O)n2)c1C.